The fourth-order valence-electron chi connectivity index (χ4n) is 2.46. The first-order valence-electron chi connectivity index (χ1n) is 4.61. The van der Waals surface area contributed by atoms with E-state index in [4.69, 9.17) is 5.26 Å². The molecule has 2 bridgehead atoms. The third-order valence-electron chi connectivity index (χ3n) is 3.10. The summed E-state index contributed by atoms with van der Waals surface area (Å²) >= 11 is 0. The van der Waals surface area contributed by atoms with Crippen molar-refractivity contribution in [2.24, 2.45) is 0 Å². The van der Waals surface area contributed by atoms with Crippen molar-refractivity contribution in [2.45, 2.75) is 18.3 Å². The van der Waals surface area contributed by atoms with Crippen molar-refractivity contribution in [3.63, 3.8) is 0 Å². The minimum atomic E-state index is 0.591. The normalized spacial score (nSPS) is 27.3. The van der Waals surface area contributed by atoms with Crippen molar-refractivity contribution in [1.29, 1.82) is 5.26 Å². The van der Waals surface area contributed by atoms with Gasteiger partial charge >= 0.3 is 0 Å². The first kappa shape index (κ1) is 6.91. The van der Waals surface area contributed by atoms with Crippen LogP contribution in [0, 0.1) is 11.3 Å². The summed E-state index contributed by atoms with van der Waals surface area (Å²) in [6.45, 7) is 0. The summed E-state index contributed by atoms with van der Waals surface area (Å²) in [5, 5.41) is 8.77. The van der Waals surface area contributed by atoms with Crippen LogP contribution in [0.25, 0.3) is 0 Å². The number of benzene rings is 1. The van der Waals surface area contributed by atoms with Crippen molar-refractivity contribution in [2.75, 3.05) is 0 Å². The van der Waals surface area contributed by atoms with E-state index in [1.54, 1.807) is 0 Å². The molecule has 0 N–H and O–H groups in total. The van der Waals surface area contributed by atoms with E-state index < -0.39 is 0 Å². The Bertz CT molecular complexity index is 437. The molecule has 13 heavy (non-hydrogen) atoms. The van der Waals surface area contributed by atoms with Crippen molar-refractivity contribution in [3.8, 4) is 6.07 Å². The van der Waals surface area contributed by atoms with Crippen LogP contribution in [-0.4, -0.2) is 0 Å². The van der Waals surface area contributed by atoms with Gasteiger partial charge in [0.1, 0.15) is 0 Å². The van der Waals surface area contributed by atoms with Crippen LogP contribution >= 0.6 is 0 Å². The Hall–Kier alpha value is -1.55. The molecule has 0 aliphatic heterocycles. The molecule has 0 radical (unpaired) electrons. The SMILES string of the molecule is N#Cc1ccc2c(c1)[C@@H]1C=C[C@@H]2C1. The highest BCUT2D eigenvalue weighted by atomic mass is 14.4. The zero-order chi connectivity index (χ0) is 8.84. The van der Waals surface area contributed by atoms with Crippen molar-refractivity contribution in [3.05, 3.63) is 47.0 Å². The fraction of sp³-hybridized carbons (Fsp3) is 0.250. The maximum atomic E-state index is 8.77. The van der Waals surface area contributed by atoms with Gasteiger partial charge in [-0.25, -0.2) is 0 Å². The summed E-state index contributed by atoms with van der Waals surface area (Å²) in [7, 11) is 0. The van der Waals surface area contributed by atoms with Gasteiger partial charge in [0.25, 0.3) is 0 Å². The van der Waals surface area contributed by atoms with Gasteiger partial charge < -0.3 is 0 Å². The highest BCUT2D eigenvalue weighted by molar-refractivity contribution is 5.51. The quantitative estimate of drug-likeness (QED) is 0.545. The molecule has 0 unspecified atom stereocenters. The summed E-state index contributed by atoms with van der Waals surface area (Å²) in [4.78, 5) is 0. The predicted octanol–water partition coefficient (Wildman–Crippen LogP) is 2.70. The van der Waals surface area contributed by atoms with Crippen LogP contribution in [0.5, 0.6) is 0 Å². The average molecular weight is 167 g/mol. The molecule has 0 saturated carbocycles. The molecule has 1 nitrogen and oxygen atoms in total. The third-order valence-corrected chi connectivity index (χ3v) is 3.10. The van der Waals surface area contributed by atoms with Crippen LogP contribution in [-0.2, 0) is 0 Å². The van der Waals surface area contributed by atoms with Crippen molar-refractivity contribution in [1.82, 2.24) is 0 Å². The molecule has 2 aliphatic carbocycles. The van der Waals surface area contributed by atoms with E-state index in [2.05, 4.69) is 24.3 Å². The zero-order valence-electron chi connectivity index (χ0n) is 7.20. The minimum Gasteiger partial charge on any atom is -0.192 e. The fourth-order valence-corrected chi connectivity index (χ4v) is 2.46. The number of fused-ring (bicyclic) bond motifs is 5. The molecular formula is C12H9N. The molecule has 0 amide bonds. The number of hydrogen-bond donors (Lipinski definition) is 0. The van der Waals surface area contributed by atoms with Crippen LogP contribution in [0.15, 0.2) is 30.4 Å². The molecular weight excluding hydrogens is 158 g/mol. The molecule has 3 rings (SSSR count). The van der Waals surface area contributed by atoms with Gasteiger partial charge in [-0.3, -0.25) is 0 Å². The van der Waals surface area contributed by atoms with Gasteiger partial charge in [-0.15, -0.1) is 0 Å². The van der Waals surface area contributed by atoms with Gasteiger partial charge in [0.2, 0.25) is 0 Å². The van der Waals surface area contributed by atoms with Gasteiger partial charge in [0, 0.05) is 11.8 Å². The van der Waals surface area contributed by atoms with Crippen LogP contribution in [0.3, 0.4) is 0 Å². The highest BCUT2D eigenvalue weighted by Crippen LogP contribution is 2.48. The number of allylic oxidation sites excluding steroid dienone is 2. The highest BCUT2D eigenvalue weighted by Gasteiger charge is 2.32. The summed E-state index contributed by atoms with van der Waals surface area (Å²) < 4.78 is 0. The Morgan fingerprint density at radius 3 is 2.69 bits per heavy atom. The van der Waals surface area contributed by atoms with Crippen LogP contribution in [0.1, 0.15) is 34.9 Å². The molecule has 0 saturated heterocycles. The molecule has 0 aromatic heterocycles. The molecule has 62 valence electrons. The number of nitrogens with zero attached hydrogens (tertiary/aromatic N) is 1. The molecule has 1 heteroatoms. The standard InChI is InChI=1S/C12H9N/c13-7-8-1-4-11-9-2-3-10(6-9)12(11)5-8/h1-5,9-10H,6H2/t9-,10-/m1/s1. The summed E-state index contributed by atoms with van der Waals surface area (Å²) in [6.07, 6.45) is 5.79. The lowest BCUT2D eigenvalue weighted by molar-refractivity contribution is 0.804. The van der Waals surface area contributed by atoms with E-state index in [9.17, 15) is 0 Å². The molecule has 0 fully saturated rings. The lowest BCUT2D eigenvalue weighted by Gasteiger charge is -2.09. The molecule has 0 spiro atoms. The first-order valence-corrected chi connectivity index (χ1v) is 4.61. The lowest BCUT2D eigenvalue weighted by atomic mass is 9.95. The van der Waals surface area contributed by atoms with Crippen LogP contribution < -0.4 is 0 Å². The summed E-state index contributed by atoms with van der Waals surface area (Å²) in [5.41, 5.74) is 3.61. The van der Waals surface area contributed by atoms with Crippen LogP contribution in [0.2, 0.25) is 0 Å². The van der Waals surface area contributed by atoms with E-state index in [0.717, 1.165) is 5.56 Å². The maximum absolute atomic E-state index is 8.77. The largest absolute Gasteiger partial charge is 0.192 e. The number of hydrogen-bond acceptors (Lipinski definition) is 1. The molecule has 1 aromatic rings. The molecule has 2 atom stereocenters. The molecule has 0 heterocycles. The second-order valence-electron chi connectivity index (χ2n) is 3.79. The monoisotopic (exact) mass is 167 g/mol. The molecule has 2 aliphatic rings. The smallest absolute Gasteiger partial charge is 0.0991 e. The van der Waals surface area contributed by atoms with Crippen LogP contribution in [0.4, 0.5) is 0 Å². The predicted molar refractivity (Wildman–Crippen MR) is 50.4 cm³/mol. The Labute approximate surface area is 77.3 Å². The van der Waals surface area contributed by atoms with Gasteiger partial charge in [-0.1, -0.05) is 18.2 Å². The third kappa shape index (κ3) is 0.805. The van der Waals surface area contributed by atoms with E-state index in [1.807, 2.05) is 12.1 Å². The van der Waals surface area contributed by atoms with Gasteiger partial charge in [-0.2, -0.15) is 5.26 Å². The second kappa shape index (κ2) is 2.23. The Morgan fingerprint density at radius 1 is 1.15 bits per heavy atom. The van der Waals surface area contributed by atoms with E-state index in [0.29, 0.717) is 11.8 Å². The van der Waals surface area contributed by atoms with E-state index in [1.165, 1.54) is 17.5 Å². The summed E-state index contributed by atoms with van der Waals surface area (Å²) in [6, 6.07) is 8.27. The maximum Gasteiger partial charge on any atom is 0.0991 e. The number of rotatable bonds is 0. The minimum absolute atomic E-state index is 0.591. The summed E-state index contributed by atoms with van der Waals surface area (Å²) in [5.74, 6) is 1.22. The molecule has 1 aromatic carbocycles. The van der Waals surface area contributed by atoms with Gasteiger partial charge in [0.05, 0.1) is 11.6 Å². The van der Waals surface area contributed by atoms with Crippen molar-refractivity contribution >= 4 is 0 Å². The van der Waals surface area contributed by atoms with Gasteiger partial charge in [-0.05, 0) is 29.7 Å². The van der Waals surface area contributed by atoms with E-state index >= 15 is 0 Å². The van der Waals surface area contributed by atoms with E-state index in [-0.39, 0.29) is 0 Å². The second-order valence-corrected chi connectivity index (χ2v) is 3.79. The lowest BCUT2D eigenvalue weighted by Crippen LogP contribution is -1.92. The Morgan fingerprint density at radius 2 is 1.92 bits per heavy atom. The Balaban J connectivity index is 2.21. The first-order chi connectivity index (χ1) is 6.38. The Kier molecular flexibility index (Phi) is 1.19. The topological polar surface area (TPSA) is 23.8 Å². The van der Waals surface area contributed by atoms with Gasteiger partial charge in [0.15, 0.2) is 0 Å². The number of nitriles is 1. The average Bonchev–Trinajstić information content (AvgIpc) is 2.77. The van der Waals surface area contributed by atoms with Crippen molar-refractivity contribution < 1.29 is 0 Å². The zero-order valence-corrected chi connectivity index (χ0v) is 7.20.